The lowest BCUT2D eigenvalue weighted by Crippen LogP contribution is -2.39. The zero-order chi connectivity index (χ0) is 24.0. The van der Waals surface area contributed by atoms with Crippen molar-refractivity contribution in [3.8, 4) is 11.4 Å². The van der Waals surface area contributed by atoms with Crippen molar-refractivity contribution in [2.24, 2.45) is 0 Å². The maximum Gasteiger partial charge on any atom is 0.337 e. The molecule has 9 heteroatoms. The van der Waals surface area contributed by atoms with Crippen LogP contribution in [0.3, 0.4) is 0 Å². The number of halogens is 1. The Morgan fingerprint density at radius 3 is 2.59 bits per heavy atom. The Morgan fingerprint density at radius 1 is 1.12 bits per heavy atom. The Morgan fingerprint density at radius 2 is 1.85 bits per heavy atom. The number of fused-ring (bicyclic) bond motifs is 3. The van der Waals surface area contributed by atoms with Gasteiger partial charge in [0.05, 0.1) is 31.3 Å². The van der Waals surface area contributed by atoms with Crippen molar-refractivity contribution < 1.29 is 9.53 Å². The summed E-state index contributed by atoms with van der Waals surface area (Å²) >= 11 is 7.82. The van der Waals surface area contributed by atoms with Crippen molar-refractivity contribution >= 4 is 39.1 Å². The minimum absolute atomic E-state index is 0.0111. The van der Waals surface area contributed by atoms with Crippen LogP contribution in [0.1, 0.15) is 22.9 Å². The van der Waals surface area contributed by atoms with E-state index >= 15 is 0 Å². The number of hydrogen-bond donors (Lipinski definition) is 0. The van der Waals surface area contributed by atoms with Gasteiger partial charge in [-0.15, -0.1) is 11.3 Å². The summed E-state index contributed by atoms with van der Waals surface area (Å²) in [5.41, 5.74) is 1.21. The first kappa shape index (κ1) is 22.4. The van der Waals surface area contributed by atoms with Crippen LogP contribution in [0.4, 0.5) is 0 Å². The van der Waals surface area contributed by atoms with Gasteiger partial charge in [-0.1, -0.05) is 41.9 Å². The molecule has 0 saturated carbocycles. The molecule has 0 saturated heterocycles. The summed E-state index contributed by atoms with van der Waals surface area (Å²) in [6, 6.07) is 14.3. The zero-order valence-electron chi connectivity index (χ0n) is 18.7. The van der Waals surface area contributed by atoms with Gasteiger partial charge in [0, 0.05) is 23.4 Å². The fourth-order valence-corrected chi connectivity index (χ4v) is 5.98. The highest BCUT2D eigenvalue weighted by Gasteiger charge is 2.28. The number of nitrogens with zero attached hydrogens (tertiary/aromatic N) is 3. The minimum atomic E-state index is -0.469. The van der Waals surface area contributed by atoms with Gasteiger partial charge in [0.2, 0.25) is 5.91 Å². The predicted octanol–water partition coefficient (Wildman–Crippen LogP) is 3.83. The molecule has 4 aromatic rings. The lowest BCUT2D eigenvalue weighted by molar-refractivity contribution is -0.129. The lowest BCUT2D eigenvalue weighted by Gasteiger charge is -2.25. The zero-order valence-corrected chi connectivity index (χ0v) is 20.3. The van der Waals surface area contributed by atoms with E-state index < -0.39 is 5.69 Å². The largest absolute Gasteiger partial charge is 0.495 e. The first-order valence-electron chi connectivity index (χ1n) is 10.8. The summed E-state index contributed by atoms with van der Waals surface area (Å²) in [5.74, 6) is 0.417. The minimum Gasteiger partial charge on any atom is -0.495 e. The highest BCUT2D eigenvalue weighted by atomic mass is 35.5. The monoisotopic (exact) mass is 495 g/mol. The van der Waals surface area contributed by atoms with Crippen LogP contribution < -0.4 is 16.0 Å². The van der Waals surface area contributed by atoms with Gasteiger partial charge in [0.15, 0.2) is 0 Å². The summed E-state index contributed by atoms with van der Waals surface area (Å²) in [5, 5.41) is 1.06. The van der Waals surface area contributed by atoms with Crippen LogP contribution in [-0.4, -0.2) is 33.6 Å². The second kappa shape index (κ2) is 8.77. The Hall–Kier alpha value is -3.36. The molecule has 1 aliphatic heterocycles. The number of benzene rings is 2. The van der Waals surface area contributed by atoms with Crippen LogP contribution in [-0.2, 0) is 24.3 Å². The molecule has 1 aliphatic rings. The first-order chi connectivity index (χ1) is 16.4. The average molecular weight is 496 g/mol. The van der Waals surface area contributed by atoms with E-state index in [1.807, 2.05) is 18.2 Å². The molecule has 0 bridgehead atoms. The van der Waals surface area contributed by atoms with E-state index in [0.29, 0.717) is 46.2 Å². The third-order valence-corrected chi connectivity index (χ3v) is 7.79. The van der Waals surface area contributed by atoms with Gasteiger partial charge in [0.25, 0.3) is 5.56 Å². The number of carbonyl (C=O) groups is 1. The molecule has 0 atom stereocenters. The molecule has 34 heavy (non-hydrogen) atoms. The van der Waals surface area contributed by atoms with E-state index in [0.717, 1.165) is 16.0 Å². The van der Waals surface area contributed by atoms with Crippen LogP contribution in [0.2, 0.25) is 5.02 Å². The number of ether oxygens (including phenoxy) is 1. The molecule has 0 fully saturated rings. The molecule has 2 aromatic carbocycles. The number of aromatic nitrogens is 2. The highest BCUT2D eigenvalue weighted by molar-refractivity contribution is 7.18. The van der Waals surface area contributed by atoms with E-state index in [1.165, 1.54) is 23.0 Å². The second-order valence-electron chi connectivity index (χ2n) is 8.15. The van der Waals surface area contributed by atoms with Gasteiger partial charge < -0.3 is 9.64 Å². The van der Waals surface area contributed by atoms with E-state index in [4.69, 9.17) is 16.3 Å². The Labute approximate surface area is 204 Å². The highest BCUT2D eigenvalue weighted by Crippen LogP contribution is 2.34. The molecule has 7 nitrogen and oxygen atoms in total. The first-order valence-corrected chi connectivity index (χ1v) is 12.0. The fourth-order valence-electron chi connectivity index (χ4n) is 4.44. The van der Waals surface area contributed by atoms with Crippen LogP contribution in [0, 0.1) is 0 Å². The van der Waals surface area contributed by atoms with Crippen molar-refractivity contribution in [2.75, 3.05) is 13.7 Å². The predicted molar refractivity (Wildman–Crippen MR) is 134 cm³/mol. The maximum absolute atomic E-state index is 13.8. The Bertz CT molecular complexity index is 1550. The molecule has 2 aromatic heterocycles. The number of methoxy groups -OCH3 is 1. The van der Waals surface area contributed by atoms with Crippen LogP contribution >= 0.6 is 22.9 Å². The molecule has 174 valence electrons. The van der Waals surface area contributed by atoms with Crippen molar-refractivity contribution in [2.45, 2.75) is 26.4 Å². The van der Waals surface area contributed by atoms with E-state index in [9.17, 15) is 14.4 Å². The number of carbonyl (C=O) groups excluding carboxylic acids is 1. The van der Waals surface area contributed by atoms with Crippen LogP contribution in [0.15, 0.2) is 58.1 Å². The van der Waals surface area contributed by atoms with Crippen molar-refractivity contribution in [1.29, 1.82) is 0 Å². The number of hydrogen-bond acceptors (Lipinski definition) is 5. The van der Waals surface area contributed by atoms with Crippen molar-refractivity contribution in [1.82, 2.24) is 14.0 Å². The van der Waals surface area contributed by atoms with Crippen LogP contribution in [0.5, 0.6) is 5.75 Å². The topological polar surface area (TPSA) is 73.5 Å². The molecule has 0 radical (unpaired) electrons. The SMILES string of the molecule is COc1ccccc1-n1c(=O)c2c3c(sc2n(Cc2ccccc2Cl)c1=O)CN(C(C)=O)CC3. The molecule has 0 N–H and O–H groups in total. The van der Waals surface area contributed by atoms with Gasteiger partial charge in [-0.05, 0) is 35.7 Å². The van der Waals surface area contributed by atoms with Gasteiger partial charge in [-0.3, -0.25) is 14.2 Å². The quantitative estimate of drug-likeness (QED) is 0.431. The summed E-state index contributed by atoms with van der Waals surface area (Å²) in [6.45, 7) is 2.71. The van der Waals surface area contributed by atoms with Crippen LogP contribution in [0.25, 0.3) is 15.9 Å². The molecular formula is C25H22ClN3O4S. The number of amides is 1. The van der Waals surface area contributed by atoms with Crippen molar-refractivity contribution in [3.05, 3.63) is 90.4 Å². The number of thiophene rings is 1. The third-order valence-electron chi connectivity index (χ3n) is 6.18. The summed E-state index contributed by atoms with van der Waals surface area (Å²) in [7, 11) is 1.51. The summed E-state index contributed by atoms with van der Waals surface area (Å²) in [6.07, 6.45) is 0.556. The molecule has 0 spiro atoms. The normalized spacial score (nSPS) is 13.2. The number of rotatable bonds is 4. The molecule has 3 heterocycles. The van der Waals surface area contributed by atoms with E-state index in [1.54, 1.807) is 46.7 Å². The molecule has 0 aliphatic carbocycles. The molecule has 5 rings (SSSR count). The third kappa shape index (κ3) is 3.63. The van der Waals surface area contributed by atoms with Crippen molar-refractivity contribution in [3.63, 3.8) is 0 Å². The molecular weight excluding hydrogens is 474 g/mol. The maximum atomic E-state index is 13.8. The van der Waals surface area contributed by atoms with Gasteiger partial charge in [-0.2, -0.15) is 0 Å². The van der Waals surface area contributed by atoms with E-state index in [2.05, 4.69) is 0 Å². The Balaban J connectivity index is 1.83. The fraction of sp³-hybridized carbons (Fsp3) is 0.240. The molecule has 1 amide bonds. The lowest BCUT2D eigenvalue weighted by atomic mass is 10.1. The summed E-state index contributed by atoms with van der Waals surface area (Å²) < 4.78 is 8.25. The van der Waals surface area contributed by atoms with Gasteiger partial charge in [0.1, 0.15) is 10.6 Å². The van der Waals surface area contributed by atoms with Gasteiger partial charge in [-0.25, -0.2) is 9.36 Å². The second-order valence-corrected chi connectivity index (χ2v) is 9.64. The van der Waals surface area contributed by atoms with E-state index in [-0.39, 0.29) is 18.0 Å². The standard InChI is InChI=1S/C25H22ClN3O4S/c1-15(30)27-12-11-17-21(14-27)34-24-22(17)23(31)29(19-9-5-6-10-20(19)33-2)25(32)28(24)13-16-7-3-4-8-18(16)26/h3-10H,11-14H2,1-2H3. The average Bonchev–Trinajstić information content (AvgIpc) is 3.22. The van der Waals surface area contributed by atoms with Gasteiger partial charge >= 0.3 is 5.69 Å². The smallest absolute Gasteiger partial charge is 0.337 e. The Kier molecular flexibility index (Phi) is 5.79. The number of para-hydroxylation sites is 2. The summed E-state index contributed by atoms with van der Waals surface area (Å²) in [4.78, 5) is 42.9. The molecule has 0 unspecified atom stereocenters.